The predicted octanol–water partition coefficient (Wildman–Crippen LogP) is 7.60. The molecule has 0 unspecified atom stereocenters. The lowest BCUT2D eigenvalue weighted by atomic mass is 9.88. The number of alkyl halides is 22. The molecule has 0 heterocycles. The van der Waals surface area contributed by atoms with Gasteiger partial charge in [0.1, 0.15) is 0 Å². The Bertz CT molecular complexity index is 797. The van der Waals surface area contributed by atoms with E-state index in [4.69, 9.17) is 0 Å². The van der Waals surface area contributed by atoms with Crippen molar-refractivity contribution in [1.29, 1.82) is 0 Å². The molecule has 5 nitrogen and oxygen atoms in total. The average molecular weight is 730 g/mol. The summed E-state index contributed by atoms with van der Waals surface area (Å²) in [6, 6.07) is 0. The van der Waals surface area contributed by atoms with Gasteiger partial charge in [-0.25, -0.2) is 0 Å². The van der Waals surface area contributed by atoms with Crippen molar-refractivity contribution in [3.05, 3.63) is 0 Å². The van der Waals surface area contributed by atoms with E-state index >= 15 is 0 Å². The average Bonchev–Trinajstić information content (AvgIpc) is 2.76. The van der Waals surface area contributed by atoms with E-state index in [-0.39, 0.29) is 0 Å². The Labute approximate surface area is 234 Å². The number of rotatable bonds is 16. The van der Waals surface area contributed by atoms with Crippen LogP contribution in [-0.2, 0) is 23.7 Å². The fourth-order valence-electron chi connectivity index (χ4n) is 2.48. The van der Waals surface area contributed by atoms with Crippen LogP contribution in [0.15, 0.2) is 0 Å². The van der Waals surface area contributed by atoms with E-state index in [9.17, 15) is 96.6 Å². The Hall–Kier alpha value is -1.74. The van der Waals surface area contributed by atoms with Gasteiger partial charge in [-0.15, -0.1) is 0 Å². The van der Waals surface area contributed by atoms with Crippen molar-refractivity contribution >= 4 is 0 Å². The van der Waals surface area contributed by atoms with E-state index in [2.05, 4.69) is 23.7 Å². The molecular formula is C18H16F22O5. The van der Waals surface area contributed by atoms with Crippen LogP contribution in [0.3, 0.4) is 0 Å². The number of ether oxygens (including phenoxy) is 5. The van der Waals surface area contributed by atoms with Crippen molar-refractivity contribution in [3.63, 3.8) is 0 Å². The Kier molecular flexibility index (Phi) is 13.6. The normalized spacial score (nSPS) is 15.6. The fourth-order valence-corrected chi connectivity index (χ4v) is 2.48. The van der Waals surface area contributed by atoms with Gasteiger partial charge in [-0.05, 0) is 0 Å². The van der Waals surface area contributed by atoms with Gasteiger partial charge in [0.2, 0.25) is 10.8 Å². The largest absolute Gasteiger partial charge is 0.482 e. The predicted molar refractivity (Wildman–Crippen MR) is 95.5 cm³/mol. The highest BCUT2D eigenvalue weighted by Gasteiger charge is 2.74. The molecule has 0 aromatic heterocycles. The zero-order chi connectivity index (χ0) is 36.2. The molecule has 27 heteroatoms. The minimum atomic E-state index is -6.74. The van der Waals surface area contributed by atoms with Crippen LogP contribution in [0.4, 0.5) is 96.6 Å². The maximum absolute atomic E-state index is 13.2. The molecule has 0 bridgehead atoms. The highest BCUT2D eigenvalue weighted by Crippen LogP contribution is 2.53. The number of halogens is 22. The van der Waals surface area contributed by atoms with Crippen LogP contribution >= 0.6 is 0 Å². The van der Waals surface area contributed by atoms with E-state index in [1.807, 2.05) is 0 Å². The lowest BCUT2D eigenvalue weighted by Crippen LogP contribution is -2.58. The molecule has 272 valence electrons. The molecule has 0 aliphatic heterocycles. The maximum atomic E-state index is 13.2. The summed E-state index contributed by atoms with van der Waals surface area (Å²) in [5.74, 6) is 0. The Morgan fingerprint density at radius 3 is 0.689 bits per heavy atom. The molecule has 0 amide bonds. The summed E-state index contributed by atoms with van der Waals surface area (Å²) < 4.78 is 299. The van der Waals surface area contributed by atoms with Crippen molar-refractivity contribution in [2.24, 2.45) is 10.8 Å². The van der Waals surface area contributed by atoms with Crippen LogP contribution < -0.4 is 0 Å². The topological polar surface area (TPSA) is 46.2 Å². The molecule has 0 aliphatic carbocycles. The first-order valence-electron chi connectivity index (χ1n) is 10.8. The van der Waals surface area contributed by atoms with Crippen LogP contribution in [0.1, 0.15) is 0 Å². The van der Waals surface area contributed by atoms with Crippen LogP contribution in [0.5, 0.6) is 0 Å². The molecule has 45 heavy (non-hydrogen) atoms. The fraction of sp³-hybridized carbons (Fsp3) is 1.00. The van der Waals surface area contributed by atoms with Crippen LogP contribution in [-0.4, -0.2) is 102 Å². The van der Waals surface area contributed by atoms with Crippen LogP contribution in [0.25, 0.3) is 0 Å². The minimum absolute atomic E-state index is 1.20. The first-order valence-corrected chi connectivity index (χ1v) is 10.8. The quantitative estimate of drug-likeness (QED) is 0.121. The first-order chi connectivity index (χ1) is 19.6. The van der Waals surface area contributed by atoms with Crippen molar-refractivity contribution in [2.45, 2.75) is 49.3 Å². The van der Waals surface area contributed by atoms with E-state index < -0.39 is 113 Å². The zero-order valence-corrected chi connectivity index (χ0v) is 21.0. The van der Waals surface area contributed by atoms with Crippen molar-refractivity contribution in [3.8, 4) is 0 Å². The van der Waals surface area contributed by atoms with Crippen LogP contribution in [0, 0.1) is 10.8 Å². The summed E-state index contributed by atoms with van der Waals surface area (Å²) in [5.41, 5.74) is -11.0. The summed E-state index contributed by atoms with van der Waals surface area (Å²) in [4.78, 5) is 0. The van der Waals surface area contributed by atoms with Gasteiger partial charge in [-0.1, -0.05) is 0 Å². The van der Waals surface area contributed by atoms with Crippen molar-refractivity contribution in [2.75, 3.05) is 52.9 Å². The molecule has 0 N–H and O–H groups in total. The SMILES string of the molecule is FC(F)(F)C(F)(F)OCC(COCCOCCOCC(COC(F)(F)C(F)(F)F)(C(F)(F)F)C(F)(F)F)(C(F)(F)F)C(F)(F)F. The minimum Gasteiger partial charge on any atom is -0.378 e. The molecule has 0 aromatic carbocycles. The second-order valence-corrected chi connectivity index (χ2v) is 8.48. The third-order valence-corrected chi connectivity index (χ3v) is 5.27. The molecule has 0 aliphatic rings. The molecule has 0 saturated heterocycles. The van der Waals surface area contributed by atoms with Gasteiger partial charge < -0.3 is 23.7 Å². The van der Waals surface area contributed by atoms with E-state index in [1.54, 1.807) is 0 Å². The molecular weight excluding hydrogens is 714 g/mol. The van der Waals surface area contributed by atoms with Gasteiger partial charge in [0, 0.05) is 0 Å². The lowest BCUT2D eigenvalue weighted by molar-refractivity contribution is -0.425. The molecule has 0 saturated carbocycles. The standard InChI is InChI=1S/C18H16F22O5/c19-11(20,21)9(12(22,23)24,7-44-17(37,38)15(31,32)33)5-42-3-1-41-2-4-43-6-10(13(25,26)27,14(28,29)30)8-45-18(39,40)16(34,35)36/h1-8H2. The molecule has 0 atom stereocenters. The summed E-state index contributed by atoms with van der Waals surface area (Å²) in [6.07, 6.45) is -53.0. The third kappa shape index (κ3) is 10.6. The van der Waals surface area contributed by atoms with Gasteiger partial charge in [0.15, 0.2) is 0 Å². The van der Waals surface area contributed by atoms with Crippen LogP contribution in [0.2, 0.25) is 0 Å². The summed E-state index contributed by atoms with van der Waals surface area (Å²) in [6.45, 7) is -17.4. The molecule has 0 aromatic rings. The summed E-state index contributed by atoms with van der Waals surface area (Å²) >= 11 is 0. The van der Waals surface area contributed by atoms with E-state index in [0.717, 1.165) is 0 Å². The molecule has 0 fully saturated rings. The third-order valence-electron chi connectivity index (χ3n) is 5.27. The lowest BCUT2D eigenvalue weighted by Gasteiger charge is -2.37. The number of hydrogen-bond acceptors (Lipinski definition) is 5. The highest BCUT2D eigenvalue weighted by atomic mass is 19.4. The molecule has 0 radical (unpaired) electrons. The van der Waals surface area contributed by atoms with Crippen molar-refractivity contribution < 1.29 is 120 Å². The Balaban J connectivity index is 5.30. The second kappa shape index (κ2) is 14.2. The Morgan fingerprint density at radius 2 is 0.489 bits per heavy atom. The second-order valence-electron chi connectivity index (χ2n) is 8.48. The van der Waals surface area contributed by atoms with Crippen molar-refractivity contribution in [1.82, 2.24) is 0 Å². The highest BCUT2D eigenvalue weighted by molar-refractivity contribution is 4.95. The van der Waals surface area contributed by atoms with E-state index in [1.165, 1.54) is 0 Å². The monoisotopic (exact) mass is 730 g/mol. The Morgan fingerprint density at radius 1 is 0.267 bits per heavy atom. The molecule has 0 rings (SSSR count). The number of hydrogen-bond donors (Lipinski definition) is 0. The molecule has 0 spiro atoms. The first kappa shape index (κ1) is 43.3. The summed E-state index contributed by atoms with van der Waals surface area (Å²) in [7, 11) is 0. The summed E-state index contributed by atoms with van der Waals surface area (Å²) in [5, 5.41) is 0. The van der Waals surface area contributed by atoms with Gasteiger partial charge in [-0.2, -0.15) is 96.6 Å². The maximum Gasteiger partial charge on any atom is 0.482 e. The zero-order valence-electron chi connectivity index (χ0n) is 21.0. The van der Waals surface area contributed by atoms with Gasteiger partial charge >= 0.3 is 49.3 Å². The van der Waals surface area contributed by atoms with Gasteiger partial charge in [0.25, 0.3) is 0 Å². The van der Waals surface area contributed by atoms with E-state index in [0.29, 0.717) is 0 Å². The smallest absolute Gasteiger partial charge is 0.378 e. The van der Waals surface area contributed by atoms with Gasteiger partial charge in [0.05, 0.1) is 52.9 Å². The van der Waals surface area contributed by atoms with Gasteiger partial charge in [-0.3, -0.25) is 0 Å².